The fourth-order valence-electron chi connectivity index (χ4n) is 2.63. The number of rotatable bonds is 3. The number of tetrazole rings is 1. The molecule has 0 radical (unpaired) electrons. The SMILES string of the molecule is Cc1ccc(C(C)N)c(-c2ccccc2F)c1-c1nnn[nH]1. The second-order valence-corrected chi connectivity index (χ2v) is 5.24. The van der Waals surface area contributed by atoms with E-state index in [4.69, 9.17) is 5.73 Å². The second-order valence-electron chi connectivity index (χ2n) is 5.24. The van der Waals surface area contributed by atoms with Gasteiger partial charge in [-0.05, 0) is 41.5 Å². The molecule has 1 atom stereocenters. The third kappa shape index (κ3) is 2.37. The van der Waals surface area contributed by atoms with Crippen molar-refractivity contribution < 1.29 is 4.39 Å². The Hall–Kier alpha value is -2.60. The third-order valence-corrected chi connectivity index (χ3v) is 3.66. The summed E-state index contributed by atoms with van der Waals surface area (Å²) in [6, 6.07) is 10.3. The van der Waals surface area contributed by atoms with E-state index in [9.17, 15) is 4.39 Å². The van der Waals surface area contributed by atoms with E-state index < -0.39 is 0 Å². The first-order chi connectivity index (χ1) is 10.6. The Kier molecular flexibility index (Phi) is 3.68. The zero-order valence-electron chi connectivity index (χ0n) is 12.3. The number of H-pyrrole nitrogens is 1. The minimum Gasteiger partial charge on any atom is -0.324 e. The Morgan fingerprint density at radius 3 is 2.55 bits per heavy atom. The predicted octanol–water partition coefficient (Wildman–Crippen LogP) is 3.00. The number of nitrogens with two attached hydrogens (primary N) is 1. The lowest BCUT2D eigenvalue weighted by Gasteiger charge is -2.18. The summed E-state index contributed by atoms with van der Waals surface area (Å²) in [5, 5.41) is 14.0. The monoisotopic (exact) mass is 297 g/mol. The molecule has 6 heteroatoms. The topological polar surface area (TPSA) is 80.5 Å². The van der Waals surface area contributed by atoms with Gasteiger partial charge in [-0.3, -0.25) is 0 Å². The van der Waals surface area contributed by atoms with Gasteiger partial charge in [-0.25, -0.2) is 9.49 Å². The summed E-state index contributed by atoms with van der Waals surface area (Å²) >= 11 is 0. The molecule has 0 aliphatic heterocycles. The smallest absolute Gasteiger partial charge is 0.180 e. The fourth-order valence-corrected chi connectivity index (χ4v) is 2.63. The third-order valence-electron chi connectivity index (χ3n) is 3.66. The van der Waals surface area contributed by atoms with E-state index in [0.29, 0.717) is 11.4 Å². The molecular weight excluding hydrogens is 281 g/mol. The molecule has 1 aromatic heterocycles. The molecule has 0 amide bonds. The zero-order chi connectivity index (χ0) is 15.7. The number of benzene rings is 2. The van der Waals surface area contributed by atoms with E-state index in [-0.39, 0.29) is 11.9 Å². The van der Waals surface area contributed by atoms with Crippen LogP contribution in [0.2, 0.25) is 0 Å². The maximum Gasteiger partial charge on any atom is 0.180 e. The highest BCUT2D eigenvalue weighted by Crippen LogP contribution is 2.38. The van der Waals surface area contributed by atoms with E-state index in [1.54, 1.807) is 18.2 Å². The summed E-state index contributed by atoms with van der Waals surface area (Å²) in [6.07, 6.45) is 0. The van der Waals surface area contributed by atoms with Crippen LogP contribution < -0.4 is 5.73 Å². The standard InChI is InChI=1S/C16H16FN5/c1-9-7-8-11(10(2)18)15(12-5-3-4-6-13(12)17)14(9)16-19-21-22-20-16/h3-8,10H,18H2,1-2H3,(H,19,20,21,22). The average molecular weight is 297 g/mol. The minimum absolute atomic E-state index is 0.246. The number of aryl methyl sites for hydroxylation is 1. The molecule has 1 unspecified atom stereocenters. The number of nitrogens with one attached hydrogen (secondary N) is 1. The number of halogens is 1. The summed E-state index contributed by atoms with van der Waals surface area (Å²) in [6.45, 7) is 3.81. The van der Waals surface area contributed by atoms with Crippen LogP contribution in [-0.4, -0.2) is 20.6 Å². The molecule has 0 aliphatic rings. The van der Waals surface area contributed by atoms with Crippen molar-refractivity contribution in [2.75, 3.05) is 0 Å². The van der Waals surface area contributed by atoms with E-state index >= 15 is 0 Å². The molecule has 0 fully saturated rings. The Balaban J connectivity index is 2.39. The van der Waals surface area contributed by atoms with E-state index in [2.05, 4.69) is 20.6 Å². The van der Waals surface area contributed by atoms with Crippen molar-refractivity contribution >= 4 is 0 Å². The molecule has 0 spiro atoms. The van der Waals surface area contributed by atoms with Gasteiger partial charge in [0.15, 0.2) is 5.82 Å². The van der Waals surface area contributed by atoms with Crippen LogP contribution in [0.15, 0.2) is 36.4 Å². The Bertz CT molecular complexity index is 796. The second kappa shape index (κ2) is 5.65. The predicted molar refractivity (Wildman–Crippen MR) is 82.3 cm³/mol. The number of hydrogen-bond donors (Lipinski definition) is 2. The Morgan fingerprint density at radius 2 is 1.91 bits per heavy atom. The van der Waals surface area contributed by atoms with Gasteiger partial charge in [0.25, 0.3) is 0 Å². The summed E-state index contributed by atoms with van der Waals surface area (Å²) in [5.41, 5.74) is 9.87. The molecule has 3 N–H and O–H groups in total. The lowest BCUT2D eigenvalue weighted by Crippen LogP contribution is -2.09. The summed E-state index contributed by atoms with van der Waals surface area (Å²) in [4.78, 5) is 0. The maximum atomic E-state index is 14.4. The molecule has 0 saturated carbocycles. The van der Waals surface area contributed by atoms with Crippen molar-refractivity contribution in [1.82, 2.24) is 20.6 Å². The van der Waals surface area contributed by atoms with Crippen molar-refractivity contribution in [1.29, 1.82) is 0 Å². The molecular formula is C16H16FN5. The van der Waals surface area contributed by atoms with Gasteiger partial charge in [-0.1, -0.05) is 30.3 Å². The molecule has 0 saturated heterocycles. The van der Waals surface area contributed by atoms with Gasteiger partial charge in [-0.2, -0.15) is 0 Å². The normalized spacial score (nSPS) is 12.4. The van der Waals surface area contributed by atoms with Crippen LogP contribution >= 0.6 is 0 Å². The summed E-state index contributed by atoms with van der Waals surface area (Å²) in [5.74, 6) is 0.196. The summed E-state index contributed by atoms with van der Waals surface area (Å²) < 4.78 is 14.4. The highest BCUT2D eigenvalue weighted by Gasteiger charge is 2.21. The molecule has 112 valence electrons. The first kappa shape index (κ1) is 14.3. The van der Waals surface area contributed by atoms with Crippen LogP contribution in [0.4, 0.5) is 4.39 Å². The number of aromatic amines is 1. The molecule has 0 bridgehead atoms. The van der Waals surface area contributed by atoms with Gasteiger partial charge >= 0.3 is 0 Å². The van der Waals surface area contributed by atoms with Crippen LogP contribution in [0.5, 0.6) is 0 Å². The molecule has 22 heavy (non-hydrogen) atoms. The highest BCUT2D eigenvalue weighted by molar-refractivity contribution is 5.85. The average Bonchev–Trinajstić information content (AvgIpc) is 3.01. The van der Waals surface area contributed by atoms with Crippen molar-refractivity contribution in [3.05, 3.63) is 53.3 Å². The van der Waals surface area contributed by atoms with Crippen molar-refractivity contribution in [2.24, 2.45) is 5.73 Å². The van der Waals surface area contributed by atoms with Crippen molar-refractivity contribution in [3.63, 3.8) is 0 Å². The largest absolute Gasteiger partial charge is 0.324 e. The highest BCUT2D eigenvalue weighted by atomic mass is 19.1. The molecule has 1 heterocycles. The first-order valence-electron chi connectivity index (χ1n) is 6.97. The zero-order valence-corrected chi connectivity index (χ0v) is 12.3. The lowest BCUT2D eigenvalue weighted by atomic mass is 9.88. The van der Waals surface area contributed by atoms with Crippen LogP contribution in [0.1, 0.15) is 24.1 Å². The molecule has 3 rings (SSSR count). The van der Waals surface area contributed by atoms with Crippen LogP contribution in [0.25, 0.3) is 22.5 Å². The van der Waals surface area contributed by atoms with E-state index in [1.807, 2.05) is 26.0 Å². The maximum absolute atomic E-state index is 14.4. The van der Waals surface area contributed by atoms with Crippen molar-refractivity contribution in [3.8, 4) is 22.5 Å². The molecule has 0 aliphatic carbocycles. The number of nitrogens with zero attached hydrogens (tertiary/aromatic N) is 3. The molecule has 5 nitrogen and oxygen atoms in total. The van der Waals surface area contributed by atoms with E-state index in [0.717, 1.165) is 22.3 Å². The summed E-state index contributed by atoms with van der Waals surface area (Å²) in [7, 11) is 0. The van der Waals surface area contributed by atoms with Gasteiger partial charge < -0.3 is 5.73 Å². The van der Waals surface area contributed by atoms with Gasteiger partial charge in [-0.15, -0.1) is 5.10 Å². The fraction of sp³-hybridized carbons (Fsp3) is 0.188. The quantitative estimate of drug-likeness (QED) is 0.778. The minimum atomic E-state index is -0.302. The van der Waals surface area contributed by atoms with Gasteiger partial charge in [0.1, 0.15) is 5.82 Å². The van der Waals surface area contributed by atoms with Crippen LogP contribution in [0, 0.1) is 12.7 Å². The van der Waals surface area contributed by atoms with Crippen molar-refractivity contribution in [2.45, 2.75) is 19.9 Å². The molecule has 3 aromatic rings. The lowest BCUT2D eigenvalue weighted by molar-refractivity contribution is 0.631. The van der Waals surface area contributed by atoms with Gasteiger partial charge in [0.2, 0.25) is 0 Å². The first-order valence-corrected chi connectivity index (χ1v) is 6.97. The van der Waals surface area contributed by atoms with Crippen LogP contribution in [-0.2, 0) is 0 Å². The number of aromatic nitrogens is 4. The Morgan fingerprint density at radius 1 is 1.14 bits per heavy atom. The van der Waals surface area contributed by atoms with E-state index in [1.165, 1.54) is 6.07 Å². The Labute approximate surface area is 127 Å². The number of hydrogen-bond acceptors (Lipinski definition) is 4. The van der Waals surface area contributed by atoms with Gasteiger partial charge in [0, 0.05) is 22.7 Å². The molecule has 2 aromatic carbocycles. The van der Waals surface area contributed by atoms with Gasteiger partial charge in [0.05, 0.1) is 0 Å². The van der Waals surface area contributed by atoms with Crippen LogP contribution in [0.3, 0.4) is 0 Å².